The number of fused-ring (bicyclic) bond motifs is 5. The zero-order valence-electron chi connectivity index (χ0n) is 18.6. The van der Waals surface area contributed by atoms with Gasteiger partial charge in [-0.15, -0.1) is 11.3 Å². The molecule has 5 nitrogen and oxygen atoms in total. The number of carbonyl (C=O) groups is 1. The molecule has 1 atom stereocenters. The summed E-state index contributed by atoms with van der Waals surface area (Å²) < 4.78 is 0.998. The number of hydrogen-bond acceptors (Lipinski definition) is 6. The number of thioether (sulfide) groups is 1. The SMILES string of the molecule is Cc1cc(C)c2nc3sc4c(SCC(=O)N5c6ccccc6CC5C)ncnc4c3cc2c1. The lowest BCUT2D eigenvalue weighted by Gasteiger charge is -2.22. The van der Waals surface area contributed by atoms with Crippen LogP contribution >= 0.6 is 23.1 Å². The van der Waals surface area contributed by atoms with Crippen LogP contribution in [-0.2, 0) is 11.2 Å². The first kappa shape index (κ1) is 20.6. The molecule has 6 rings (SSSR count). The molecule has 4 heterocycles. The van der Waals surface area contributed by atoms with Crippen LogP contribution in [0.25, 0.3) is 31.3 Å². The van der Waals surface area contributed by atoms with Gasteiger partial charge in [0.2, 0.25) is 5.91 Å². The first-order chi connectivity index (χ1) is 16.0. The minimum absolute atomic E-state index is 0.111. The molecule has 33 heavy (non-hydrogen) atoms. The van der Waals surface area contributed by atoms with Crippen molar-refractivity contribution in [3.8, 4) is 0 Å². The molecule has 0 bridgehead atoms. The van der Waals surface area contributed by atoms with Crippen molar-refractivity contribution in [1.29, 1.82) is 0 Å². The van der Waals surface area contributed by atoms with Gasteiger partial charge in [-0.3, -0.25) is 4.79 Å². The van der Waals surface area contributed by atoms with E-state index in [0.29, 0.717) is 5.75 Å². The molecule has 7 heteroatoms. The number of para-hydroxylation sites is 1. The van der Waals surface area contributed by atoms with Crippen molar-refractivity contribution in [3.05, 3.63) is 65.5 Å². The highest BCUT2D eigenvalue weighted by Crippen LogP contribution is 2.39. The molecule has 0 spiro atoms. The van der Waals surface area contributed by atoms with Gasteiger partial charge < -0.3 is 4.90 Å². The Balaban J connectivity index is 1.35. The second-order valence-corrected chi connectivity index (χ2v) is 10.7. The van der Waals surface area contributed by atoms with Gasteiger partial charge in [-0.25, -0.2) is 15.0 Å². The molecule has 0 radical (unpaired) electrons. The van der Waals surface area contributed by atoms with E-state index >= 15 is 0 Å². The van der Waals surface area contributed by atoms with Crippen molar-refractivity contribution in [2.45, 2.75) is 38.3 Å². The maximum Gasteiger partial charge on any atom is 0.237 e. The number of carbonyl (C=O) groups excluding carboxylic acids is 1. The Hall–Kier alpha value is -3.03. The molecule has 5 aromatic rings. The average Bonchev–Trinajstić information content (AvgIpc) is 3.33. The Bertz CT molecular complexity index is 1580. The van der Waals surface area contributed by atoms with Crippen molar-refractivity contribution in [3.63, 3.8) is 0 Å². The van der Waals surface area contributed by atoms with Crippen molar-refractivity contribution in [2.24, 2.45) is 0 Å². The van der Waals surface area contributed by atoms with Crippen LogP contribution in [0.1, 0.15) is 23.6 Å². The summed E-state index contributed by atoms with van der Waals surface area (Å²) in [5.41, 5.74) is 6.61. The van der Waals surface area contributed by atoms with E-state index in [2.05, 4.69) is 55.0 Å². The quantitative estimate of drug-likeness (QED) is 0.236. The Kier molecular flexibility index (Phi) is 4.85. The van der Waals surface area contributed by atoms with Crippen LogP contribution in [0.15, 0.2) is 53.8 Å². The Morgan fingerprint density at radius 3 is 2.88 bits per heavy atom. The predicted octanol–water partition coefficient (Wildman–Crippen LogP) is 6.08. The summed E-state index contributed by atoms with van der Waals surface area (Å²) in [6.07, 6.45) is 2.50. The molecule has 0 aliphatic carbocycles. The number of nitrogens with zero attached hydrogens (tertiary/aromatic N) is 4. The third kappa shape index (κ3) is 3.38. The van der Waals surface area contributed by atoms with Gasteiger partial charge in [0.15, 0.2) is 0 Å². The zero-order valence-corrected chi connectivity index (χ0v) is 20.3. The molecule has 164 valence electrons. The van der Waals surface area contributed by atoms with Gasteiger partial charge in [-0.05, 0) is 56.5 Å². The van der Waals surface area contributed by atoms with E-state index in [0.717, 1.165) is 48.5 Å². The zero-order chi connectivity index (χ0) is 22.7. The molecule has 1 unspecified atom stereocenters. The van der Waals surface area contributed by atoms with Crippen LogP contribution in [0, 0.1) is 13.8 Å². The lowest BCUT2D eigenvalue weighted by atomic mass is 10.1. The standard InChI is InChI=1S/C26H22N4OS2/c1-14-8-15(2)22-18(9-14)11-19-23-24(33-25(19)29-22)26(28-13-27-23)32-12-21(31)30-16(3)10-17-6-4-5-7-20(17)30/h4-9,11,13,16H,10,12H2,1-3H3. The average molecular weight is 471 g/mol. The fourth-order valence-corrected chi connectivity index (χ4v) is 6.91. The van der Waals surface area contributed by atoms with Crippen molar-refractivity contribution < 1.29 is 4.79 Å². The van der Waals surface area contributed by atoms with Gasteiger partial charge in [0.25, 0.3) is 0 Å². The van der Waals surface area contributed by atoms with Gasteiger partial charge >= 0.3 is 0 Å². The van der Waals surface area contributed by atoms with E-state index in [1.807, 2.05) is 23.1 Å². The van der Waals surface area contributed by atoms with E-state index in [1.165, 1.54) is 28.5 Å². The van der Waals surface area contributed by atoms with Crippen LogP contribution < -0.4 is 4.90 Å². The maximum absolute atomic E-state index is 13.2. The molecule has 0 saturated heterocycles. The summed E-state index contributed by atoms with van der Waals surface area (Å²) in [6.45, 7) is 6.32. The number of amides is 1. The first-order valence-corrected chi connectivity index (χ1v) is 12.8. The summed E-state index contributed by atoms with van der Waals surface area (Å²) in [7, 11) is 0. The molecule has 0 saturated carbocycles. The van der Waals surface area contributed by atoms with E-state index in [-0.39, 0.29) is 11.9 Å². The van der Waals surface area contributed by atoms with Crippen LogP contribution in [0.5, 0.6) is 0 Å². The lowest BCUT2D eigenvalue weighted by Crippen LogP contribution is -2.36. The highest BCUT2D eigenvalue weighted by Gasteiger charge is 2.30. The third-order valence-electron chi connectivity index (χ3n) is 6.25. The fraction of sp³-hybridized carbons (Fsp3) is 0.231. The third-order valence-corrected chi connectivity index (χ3v) is 8.45. The maximum atomic E-state index is 13.2. The first-order valence-electron chi connectivity index (χ1n) is 11.0. The minimum atomic E-state index is 0.111. The Morgan fingerprint density at radius 2 is 2.00 bits per heavy atom. The molecule has 1 aliphatic rings. The molecule has 0 N–H and O–H groups in total. The van der Waals surface area contributed by atoms with Gasteiger partial charge in [0.1, 0.15) is 16.2 Å². The van der Waals surface area contributed by atoms with Crippen LogP contribution in [0.3, 0.4) is 0 Å². The number of pyridine rings is 1. The molecular formula is C26H22N4OS2. The highest BCUT2D eigenvalue weighted by molar-refractivity contribution is 8.00. The second-order valence-electron chi connectivity index (χ2n) is 8.69. The van der Waals surface area contributed by atoms with E-state index in [9.17, 15) is 4.79 Å². The minimum Gasteiger partial charge on any atom is -0.308 e. The normalized spacial score (nSPS) is 15.6. The number of thiophene rings is 1. The summed E-state index contributed by atoms with van der Waals surface area (Å²) in [5, 5.41) is 3.02. The fourth-order valence-electron chi connectivity index (χ4n) is 4.87. The molecular weight excluding hydrogens is 448 g/mol. The highest BCUT2D eigenvalue weighted by atomic mass is 32.2. The number of aryl methyl sites for hydroxylation is 2. The lowest BCUT2D eigenvalue weighted by molar-refractivity contribution is -0.116. The van der Waals surface area contributed by atoms with Crippen molar-refractivity contribution >= 4 is 66.0 Å². The molecule has 0 fully saturated rings. The monoisotopic (exact) mass is 470 g/mol. The van der Waals surface area contributed by atoms with Crippen LogP contribution in [0.4, 0.5) is 5.69 Å². The largest absolute Gasteiger partial charge is 0.308 e. The van der Waals surface area contributed by atoms with Gasteiger partial charge in [-0.2, -0.15) is 0 Å². The molecule has 2 aromatic carbocycles. The van der Waals surface area contributed by atoms with Crippen LogP contribution in [0.2, 0.25) is 0 Å². The number of hydrogen-bond donors (Lipinski definition) is 0. The Morgan fingerprint density at radius 1 is 1.15 bits per heavy atom. The van der Waals surface area contributed by atoms with E-state index in [4.69, 9.17) is 4.98 Å². The summed E-state index contributed by atoms with van der Waals surface area (Å²) in [6, 6.07) is 14.9. The summed E-state index contributed by atoms with van der Waals surface area (Å²) >= 11 is 3.09. The molecule has 1 amide bonds. The van der Waals surface area contributed by atoms with E-state index in [1.54, 1.807) is 17.7 Å². The van der Waals surface area contributed by atoms with Crippen LogP contribution in [-0.4, -0.2) is 32.7 Å². The number of benzene rings is 2. The summed E-state index contributed by atoms with van der Waals surface area (Å²) in [4.78, 5) is 30.1. The van der Waals surface area contributed by atoms with Crippen molar-refractivity contribution in [1.82, 2.24) is 15.0 Å². The number of anilines is 1. The molecule has 3 aromatic heterocycles. The Labute approximate surface area is 199 Å². The second kappa shape index (κ2) is 7.78. The number of rotatable bonds is 3. The topological polar surface area (TPSA) is 59.0 Å². The molecule has 1 aliphatic heterocycles. The van der Waals surface area contributed by atoms with E-state index < -0.39 is 0 Å². The van der Waals surface area contributed by atoms with Gasteiger partial charge in [0.05, 0.1) is 21.5 Å². The van der Waals surface area contributed by atoms with Gasteiger partial charge in [-0.1, -0.05) is 41.6 Å². The summed E-state index contributed by atoms with van der Waals surface area (Å²) in [5.74, 6) is 0.451. The van der Waals surface area contributed by atoms with Gasteiger partial charge in [0, 0.05) is 22.5 Å². The smallest absolute Gasteiger partial charge is 0.237 e. The predicted molar refractivity (Wildman–Crippen MR) is 138 cm³/mol. The van der Waals surface area contributed by atoms with Crippen molar-refractivity contribution in [2.75, 3.05) is 10.7 Å². The number of aromatic nitrogens is 3.